The Morgan fingerprint density at radius 3 is 2.63 bits per heavy atom. The molecular formula is C14H17F2N3. The fourth-order valence-corrected chi connectivity index (χ4v) is 1.98. The molecule has 0 aliphatic rings. The number of benzene rings is 1. The molecule has 19 heavy (non-hydrogen) atoms. The molecule has 1 atom stereocenters. The summed E-state index contributed by atoms with van der Waals surface area (Å²) in [5.74, 6) is -1.64. The predicted molar refractivity (Wildman–Crippen MR) is 69.6 cm³/mol. The van der Waals surface area contributed by atoms with Gasteiger partial charge in [0.15, 0.2) is 11.6 Å². The highest BCUT2D eigenvalue weighted by molar-refractivity contribution is 5.21. The van der Waals surface area contributed by atoms with Gasteiger partial charge in [-0.1, -0.05) is 6.07 Å². The van der Waals surface area contributed by atoms with Crippen LogP contribution >= 0.6 is 0 Å². The van der Waals surface area contributed by atoms with Crippen molar-refractivity contribution in [1.82, 2.24) is 15.1 Å². The van der Waals surface area contributed by atoms with Crippen LogP contribution in [0.5, 0.6) is 0 Å². The van der Waals surface area contributed by atoms with E-state index in [4.69, 9.17) is 0 Å². The largest absolute Gasteiger partial charge is 0.306 e. The summed E-state index contributed by atoms with van der Waals surface area (Å²) in [6.45, 7) is 4.50. The Labute approximate surface area is 111 Å². The van der Waals surface area contributed by atoms with Crippen LogP contribution in [0.4, 0.5) is 8.78 Å². The Bertz CT molecular complexity index is 578. The van der Waals surface area contributed by atoms with Crippen molar-refractivity contribution in [3.8, 4) is 0 Å². The van der Waals surface area contributed by atoms with Gasteiger partial charge in [-0.15, -0.1) is 0 Å². The summed E-state index contributed by atoms with van der Waals surface area (Å²) >= 11 is 0. The van der Waals surface area contributed by atoms with E-state index in [9.17, 15) is 8.78 Å². The predicted octanol–water partition coefficient (Wildman–Crippen LogP) is 2.86. The molecule has 5 heteroatoms. The van der Waals surface area contributed by atoms with Crippen LogP contribution < -0.4 is 5.32 Å². The minimum Gasteiger partial charge on any atom is -0.306 e. The molecule has 0 saturated carbocycles. The van der Waals surface area contributed by atoms with Crippen molar-refractivity contribution in [2.24, 2.45) is 7.05 Å². The normalized spacial score (nSPS) is 12.7. The Morgan fingerprint density at radius 1 is 1.32 bits per heavy atom. The van der Waals surface area contributed by atoms with Crippen LogP contribution in [0, 0.1) is 18.6 Å². The van der Waals surface area contributed by atoms with Crippen molar-refractivity contribution in [1.29, 1.82) is 0 Å². The molecule has 0 radical (unpaired) electrons. The Morgan fingerprint density at radius 2 is 2.05 bits per heavy atom. The van der Waals surface area contributed by atoms with Crippen LogP contribution in [0.15, 0.2) is 24.4 Å². The SMILES string of the molecule is Cc1nn(C)cc1CNC(C)c1ccc(F)c(F)c1. The molecule has 1 N–H and O–H groups in total. The molecule has 2 aromatic rings. The van der Waals surface area contributed by atoms with Gasteiger partial charge in [0.25, 0.3) is 0 Å². The summed E-state index contributed by atoms with van der Waals surface area (Å²) in [7, 11) is 1.87. The van der Waals surface area contributed by atoms with Crippen molar-refractivity contribution in [3.05, 3.63) is 52.9 Å². The molecule has 3 nitrogen and oxygen atoms in total. The maximum Gasteiger partial charge on any atom is 0.159 e. The van der Waals surface area contributed by atoms with E-state index in [0.29, 0.717) is 6.54 Å². The molecule has 0 aliphatic heterocycles. The molecule has 0 bridgehead atoms. The van der Waals surface area contributed by atoms with Gasteiger partial charge in [-0.05, 0) is 31.5 Å². The van der Waals surface area contributed by atoms with Crippen LogP contribution in [0.2, 0.25) is 0 Å². The summed E-state index contributed by atoms with van der Waals surface area (Å²) < 4.78 is 27.8. The lowest BCUT2D eigenvalue weighted by molar-refractivity contribution is 0.500. The molecule has 1 unspecified atom stereocenters. The topological polar surface area (TPSA) is 29.9 Å². The molecular weight excluding hydrogens is 248 g/mol. The highest BCUT2D eigenvalue weighted by Crippen LogP contribution is 2.16. The fourth-order valence-electron chi connectivity index (χ4n) is 1.98. The van der Waals surface area contributed by atoms with E-state index in [-0.39, 0.29) is 6.04 Å². The standard InChI is InChI=1S/C14H17F2N3/c1-9(11-4-5-13(15)14(16)6-11)17-7-12-8-19(3)18-10(12)2/h4-6,8-9,17H,7H2,1-3H3. The molecule has 1 heterocycles. The number of halogens is 2. The van der Waals surface area contributed by atoms with Crippen LogP contribution in [0.25, 0.3) is 0 Å². The van der Waals surface area contributed by atoms with E-state index >= 15 is 0 Å². The van der Waals surface area contributed by atoms with Crippen LogP contribution in [0.1, 0.15) is 29.8 Å². The van der Waals surface area contributed by atoms with Crippen molar-refractivity contribution < 1.29 is 8.78 Å². The van der Waals surface area contributed by atoms with Gasteiger partial charge < -0.3 is 5.32 Å². The van der Waals surface area contributed by atoms with E-state index in [2.05, 4.69) is 10.4 Å². The second-order valence-electron chi connectivity index (χ2n) is 4.69. The zero-order valence-corrected chi connectivity index (χ0v) is 11.2. The average Bonchev–Trinajstić information content (AvgIpc) is 2.68. The number of hydrogen-bond acceptors (Lipinski definition) is 2. The Hall–Kier alpha value is -1.75. The van der Waals surface area contributed by atoms with Gasteiger partial charge in [-0.25, -0.2) is 8.78 Å². The summed E-state index contributed by atoms with van der Waals surface area (Å²) in [5.41, 5.74) is 2.78. The Kier molecular flexibility index (Phi) is 3.95. The van der Waals surface area contributed by atoms with E-state index in [1.165, 1.54) is 6.07 Å². The number of aromatic nitrogens is 2. The molecule has 0 aliphatic carbocycles. The second kappa shape index (κ2) is 5.48. The third kappa shape index (κ3) is 3.17. The molecule has 0 amide bonds. The fraction of sp³-hybridized carbons (Fsp3) is 0.357. The minimum absolute atomic E-state index is 0.0605. The highest BCUT2D eigenvalue weighted by Gasteiger charge is 2.10. The molecule has 1 aromatic heterocycles. The van der Waals surface area contributed by atoms with Crippen molar-refractivity contribution in [2.45, 2.75) is 26.4 Å². The van der Waals surface area contributed by atoms with E-state index in [0.717, 1.165) is 22.9 Å². The Balaban J connectivity index is 2.03. The molecule has 102 valence electrons. The molecule has 2 rings (SSSR count). The van der Waals surface area contributed by atoms with Crippen LogP contribution in [0.3, 0.4) is 0 Å². The molecule has 0 fully saturated rings. The second-order valence-corrected chi connectivity index (χ2v) is 4.69. The monoisotopic (exact) mass is 265 g/mol. The number of rotatable bonds is 4. The third-order valence-electron chi connectivity index (χ3n) is 3.16. The first kappa shape index (κ1) is 13.7. The lowest BCUT2D eigenvalue weighted by atomic mass is 10.1. The lowest BCUT2D eigenvalue weighted by Gasteiger charge is -2.14. The van der Waals surface area contributed by atoms with Crippen molar-refractivity contribution >= 4 is 0 Å². The van der Waals surface area contributed by atoms with E-state index in [1.54, 1.807) is 10.7 Å². The maximum atomic E-state index is 13.2. The first-order valence-corrected chi connectivity index (χ1v) is 6.15. The van der Waals surface area contributed by atoms with Crippen LogP contribution in [-0.2, 0) is 13.6 Å². The quantitative estimate of drug-likeness (QED) is 0.921. The molecule has 0 saturated heterocycles. The summed E-state index contributed by atoms with van der Waals surface area (Å²) in [6, 6.07) is 3.91. The average molecular weight is 265 g/mol. The van der Waals surface area contributed by atoms with Gasteiger partial charge in [-0.2, -0.15) is 5.10 Å². The zero-order chi connectivity index (χ0) is 14.0. The molecule has 1 aromatic carbocycles. The third-order valence-corrected chi connectivity index (χ3v) is 3.16. The number of aryl methyl sites for hydroxylation is 2. The molecule has 0 spiro atoms. The lowest BCUT2D eigenvalue weighted by Crippen LogP contribution is -2.18. The van der Waals surface area contributed by atoms with Crippen molar-refractivity contribution in [3.63, 3.8) is 0 Å². The van der Waals surface area contributed by atoms with E-state index in [1.807, 2.05) is 27.1 Å². The maximum absolute atomic E-state index is 13.2. The minimum atomic E-state index is -0.820. The van der Waals surface area contributed by atoms with Gasteiger partial charge in [0, 0.05) is 31.4 Å². The summed E-state index contributed by atoms with van der Waals surface area (Å²) in [4.78, 5) is 0. The number of nitrogens with one attached hydrogen (secondary N) is 1. The number of hydrogen-bond donors (Lipinski definition) is 1. The van der Waals surface area contributed by atoms with Gasteiger partial charge in [0.2, 0.25) is 0 Å². The van der Waals surface area contributed by atoms with Gasteiger partial charge in [0.05, 0.1) is 5.69 Å². The van der Waals surface area contributed by atoms with Gasteiger partial charge >= 0.3 is 0 Å². The smallest absolute Gasteiger partial charge is 0.159 e. The van der Waals surface area contributed by atoms with Gasteiger partial charge in [0.1, 0.15) is 0 Å². The highest BCUT2D eigenvalue weighted by atomic mass is 19.2. The van der Waals surface area contributed by atoms with Gasteiger partial charge in [-0.3, -0.25) is 4.68 Å². The number of nitrogens with zero attached hydrogens (tertiary/aromatic N) is 2. The first-order valence-electron chi connectivity index (χ1n) is 6.15. The zero-order valence-electron chi connectivity index (χ0n) is 11.2. The van der Waals surface area contributed by atoms with Crippen LogP contribution in [-0.4, -0.2) is 9.78 Å². The van der Waals surface area contributed by atoms with E-state index < -0.39 is 11.6 Å². The van der Waals surface area contributed by atoms with Crippen molar-refractivity contribution in [2.75, 3.05) is 0 Å². The summed E-state index contributed by atoms with van der Waals surface area (Å²) in [6.07, 6.45) is 1.94. The first-order chi connectivity index (χ1) is 8.97. The summed E-state index contributed by atoms with van der Waals surface area (Å²) in [5, 5.41) is 7.53.